The molecule has 1 amide bonds. The van der Waals surface area contributed by atoms with Gasteiger partial charge in [0.25, 0.3) is 0 Å². The number of benzene rings is 1. The molecule has 0 radical (unpaired) electrons. The van der Waals surface area contributed by atoms with E-state index in [0.29, 0.717) is 18.7 Å². The fourth-order valence-electron chi connectivity index (χ4n) is 2.61. The van der Waals surface area contributed by atoms with Gasteiger partial charge in [-0.2, -0.15) is 0 Å². The SMILES string of the molecule is CN(C)Cc1cc(CNC(=O)C2CCCNC2)ccc1F. The fourth-order valence-corrected chi connectivity index (χ4v) is 2.61. The third kappa shape index (κ3) is 4.79. The monoisotopic (exact) mass is 293 g/mol. The molecule has 1 aromatic carbocycles. The summed E-state index contributed by atoms with van der Waals surface area (Å²) in [5, 5.41) is 6.19. The number of carbonyl (C=O) groups is 1. The Hall–Kier alpha value is -1.46. The lowest BCUT2D eigenvalue weighted by atomic mass is 9.99. The summed E-state index contributed by atoms with van der Waals surface area (Å²) in [5.74, 6) is -0.0589. The molecule has 0 aliphatic carbocycles. The van der Waals surface area contributed by atoms with Crippen molar-refractivity contribution >= 4 is 5.91 Å². The highest BCUT2D eigenvalue weighted by Crippen LogP contribution is 2.13. The third-order valence-corrected chi connectivity index (χ3v) is 3.73. The highest BCUT2D eigenvalue weighted by Gasteiger charge is 2.20. The summed E-state index contributed by atoms with van der Waals surface area (Å²) in [6, 6.07) is 5.03. The predicted octanol–water partition coefficient (Wildman–Crippen LogP) is 1.50. The molecule has 5 heteroatoms. The van der Waals surface area contributed by atoms with Crippen molar-refractivity contribution < 1.29 is 9.18 Å². The van der Waals surface area contributed by atoms with E-state index in [1.165, 1.54) is 6.07 Å². The summed E-state index contributed by atoms with van der Waals surface area (Å²) < 4.78 is 13.7. The molecule has 1 saturated heterocycles. The first-order chi connectivity index (χ1) is 10.1. The second kappa shape index (κ2) is 7.52. The Morgan fingerprint density at radius 1 is 1.48 bits per heavy atom. The quantitative estimate of drug-likeness (QED) is 0.865. The summed E-state index contributed by atoms with van der Waals surface area (Å²) in [6.45, 7) is 2.76. The lowest BCUT2D eigenvalue weighted by Gasteiger charge is -2.22. The standard InChI is InChI=1S/C16H24FN3O/c1-20(2)11-14-8-12(5-6-15(14)17)9-19-16(21)13-4-3-7-18-10-13/h5-6,8,13,18H,3-4,7,9-11H2,1-2H3,(H,19,21). The topological polar surface area (TPSA) is 44.4 Å². The number of hydrogen-bond acceptors (Lipinski definition) is 3. The molecular weight excluding hydrogens is 269 g/mol. The molecule has 0 aromatic heterocycles. The van der Waals surface area contributed by atoms with Gasteiger partial charge in [0.05, 0.1) is 5.92 Å². The van der Waals surface area contributed by atoms with Crippen molar-refractivity contribution in [3.05, 3.63) is 35.1 Å². The number of hydrogen-bond donors (Lipinski definition) is 2. The molecule has 2 rings (SSSR count). The van der Waals surface area contributed by atoms with Crippen LogP contribution in [0.2, 0.25) is 0 Å². The number of carbonyl (C=O) groups excluding carboxylic acids is 1. The molecule has 1 atom stereocenters. The van der Waals surface area contributed by atoms with Crippen LogP contribution in [0.15, 0.2) is 18.2 Å². The van der Waals surface area contributed by atoms with Crippen molar-refractivity contribution in [3.8, 4) is 0 Å². The highest BCUT2D eigenvalue weighted by molar-refractivity contribution is 5.78. The molecule has 116 valence electrons. The minimum Gasteiger partial charge on any atom is -0.352 e. The Labute approximate surface area is 125 Å². The minimum absolute atomic E-state index is 0.0560. The molecule has 0 bridgehead atoms. The van der Waals surface area contributed by atoms with Crippen molar-refractivity contribution in [3.63, 3.8) is 0 Å². The lowest BCUT2D eigenvalue weighted by Crippen LogP contribution is -2.40. The van der Waals surface area contributed by atoms with Crippen molar-refractivity contribution in [2.75, 3.05) is 27.2 Å². The van der Waals surface area contributed by atoms with Crippen LogP contribution in [0, 0.1) is 11.7 Å². The van der Waals surface area contributed by atoms with Crippen LogP contribution >= 0.6 is 0 Å². The van der Waals surface area contributed by atoms with Gasteiger partial charge in [0, 0.05) is 25.2 Å². The average molecular weight is 293 g/mol. The van der Waals surface area contributed by atoms with Crippen molar-refractivity contribution in [1.82, 2.24) is 15.5 Å². The minimum atomic E-state index is -0.199. The van der Waals surface area contributed by atoms with Crippen molar-refractivity contribution in [1.29, 1.82) is 0 Å². The van der Waals surface area contributed by atoms with Gasteiger partial charge in [0.1, 0.15) is 5.82 Å². The van der Waals surface area contributed by atoms with Crippen molar-refractivity contribution in [2.45, 2.75) is 25.9 Å². The van der Waals surface area contributed by atoms with Crippen LogP contribution in [-0.4, -0.2) is 38.0 Å². The van der Waals surface area contributed by atoms with Crippen molar-refractivity contribution in [2.24, 2.45) is 5.92 Å². The summed E-state index contributed by atoms with van der Waals surface area (Å²) >= 11 is 0. The van der Waals surface area contributed by atoms with Gasteiger partial charge >= 0.3 is 0 Å². The van der Waals surface area contributed by atoms with Crippen LogP contribution in [0.1, 0.15) is 24.0 Å². The van der Waals surface area contributed by atoms with E-state index >= 15 is 0 Å². The predicted molar refractivity (Wildman–Crippen MR) is 81.2 cm³/mol. The Morgan fingerprint density at radius 3 is 2.95 bits per heavy atom. The molecule has 0 saturated carbocycles. The van der Waals surface area contributed by atoms with Gasteiger partial charge in [-0.05, 0) is 51.2 Å². The van der Waals surface area contributed by atoms with Crippen LogP contribution < -0.4 is 10.6 Å². The molecule has 21 heavy (non-hydrogen) atoms. The van der Waals surface area contributed by atoms with Crippen LogP contribution in [0.5, 0.6) is 0 Å². The second-order valence-corrected chi connectivity index (χ2v) is 5.92. The number of amides is 1. The Bertz CT molecular complexity index is 484. The molecule has 1 aromatic rings. The van der Waals surface area contributed by atoms with Crippen LogP contribution in [0.25, 0.3) is 0 Å². The molecule has 0 spiro atoms. The second-order valence-electron chi connectivity index (χ2n) is 5.92. The Morgan fingerprint density at radius 2 is 2.29 bits per heavy atom. The van der Waals surface area contributed by atoms with Gasteiger partial charge in [0.15, 0.2) is 0 Å². The van der Waals surface area contributed by atoms with Gasteiger partial charge in [0.2, 0.25) is 5.91 Å². The molecule has 1 unspecified atom stereocenters. The van der Waals surface area contributed by atoms with E-state index in [4.69, 9.17) is 0 Å². The summed E-state index contributed by atoms with van der Waals surface area (Å²) in [5.41, 5.74) is 1.59. The van der Waals surface area contributed by atoms with Gasteiger partial charge in [-0.3, -0.25) is 4.79 Å². The molecule has 4 nitrogen and oxygen atoms in total. The van der Waals surface area contributed by atoms with E-state index in [9.17, 15) is 9.18 Å². The summed E-state index contributed by atoms with van der Waals surface area (Å²) in [6.07, 6.45) is 1.98. The van der Waals surface area contributed by atoms with Gasteiger partial charge in [-0.15, -0.1) is 0 Å². The number of halogens is 1. The number of rotatable bonds is 5. The van der Waals surface area contributed by atoms with E-state index in [2.05, 4.69) is 10.6 Å². The van der Waals surface area contributed by atoms with E-state index < -0.39 is 0 Å². The smallest absolute Gasteiger partial charge is 0.224 e. The summed E-state index contributed by atoms with van der Waals surface area (Å²) in [7, 11) is 3.81. The molecule has 1 fully saturated rings. The normalized spacial score (nSPS) is 18.8. The first-order valence-corrected chi connectivity index (χ1v) is 7.46. The average Bonchev–Trinajstić information content (AvgIpc) is 2.48. The zero-order valence-electron chi connectivity index (χ0n) is 12.8. The van der Waals surface area contributed by atoms with E-state index in [1.54, 1.807) is 6.07 Å². The van der Waals surface area contributed by atoms with E-state index in [0.717, 1.165) is 31.5 Å². The maximum Gasteiger partial charge on any atom is 0.224 e. The van der Waals surface area contributed by atoms with Crippen LogP contribution in [0.4, 0.5) is 4.39 Å². The largest absolute Gasteiger partial charge is 0.352 e. The molecule has 1 aliphatic rings. The number of nitrogens with zero attached hydrogens (tertiary/aromatic N) is 1. The number of nitrogens with one attached hydrogen (secondary N) is 2. The fraction of sp³-hybridized carbons (Fsp3) is 0.562. The van der Waals surface area contributed by atoms with Gasteiger partial charge in [-0.1, -0.05) is 6.07 Å². The molecule has 1 aliphatic heterocycles. The van der Waals surface area contributed by atoms with Gasteiger partial charge in [-0.25, -0.2) is 4.39 Å². The molecule has 1 heterocycles. The molecular formula is C16H24FN3O. The van der Waals surface area contributed by atoms with Crippen LogP contribution in [0.3, 0.4) is 0 Å². The zero-order valence-corrected chi connectivity index (χ0v) is 12.8. The molecule has 2 N–H and O–H groups in total. The first-order valence-electron chi connectivity index (χ1n) is 7.46. The highest BCUT2D eigenvalue weighted by atomic mass is 19.1. The lowest BCUT2D eigenvalue weighted by molar-refractivity contribution is -0.125. The Kier molecular flexibility index (Phi) is 5.70. The maximum absolute atomic E-state index is 13.7. The Balaban J connectivity index is 1.91. The van der Waals surface area contributed by atoms with Crippen LogP contribution in [-0.2, 0) is 17.9 Å². The maximum atomic E-state index is 13.7. The van der Waals surface area contributed by atoms with Gasteiger partial charge < -0.3 is 15.5 Å². The first kappa shape index (κ1) is 15.9. The zero-order chi connectivity index (χ0) is 15.2. The van der Waals surface area contributed by atoms with E-state index in [1.807, 2.05) is 25.1 Å². The summed E-state index contributed by atoms with van der Waals surface area (Å²) in [4.78, 5) is 14.0. The van der Waals surface area contributed by atoms with E-state index in [-0.39, 0.29) is 17.6 Å². The third-order valence-electron chi connectivity index (χ3n) is 3.73. The number of piperidine rings is 1.